The highest BCUT2D eigenvalue weighted by molar-refractivity contribution is 5.67. The van der Waals surface area contributed by atoms with Crippen molar-refractivity contribution in [2.75, 3.05) is 26.2 Å². The molecule has 2 saturated heterocycles. The second kappa shape index (κ2) is 7.45. The van der Waals surface area contributed by atoms with Gasteiger partial charge in [0.2, 0.25) is 0 Å². The summed E-state index contributed by atoms with van der Waals surface area (Å²) in [6.45, 7) is 9.80. The largest absolute Gasteiger partial charge is 0.444 e. The van der Waals surface area contributed by atoms with Crippen LogP contribution >= 0.6 is 0 Å². The third-order valence-corrected chi connectivity index (χ3v) is 4.28. The molecule has 0 aromatic heterocycles. The summed E-state index contributed by atoms with van der Waals surface area (Å²) in [5.41, 5.74) is -0.420. The van der Waals surface area contributed by atoms with Gasteiger partial charge in [-0.3, -0.25) is 4.90 Å². The molecule has 2 aliphatic heterocycles. The van der Waals surface area contributed by atoms with Gasteiger partial charge in [0.25, 0.3) is 0 Å². The van der Waals surface area contributed by atoms with Gasteiger partial charge in [-0.15, -0.1) is 0 Å². The van der Waals surface area contributed by atoms with E-state index in [1.54, 1.807) is 0 Å². The van der Waals surface area contributed by atoms with Crippen molar-refractivity contribution >= 4 is 6.09 Å². The van der Waals surface area contributed by atoms with Gasteiger partial charge in [0, 0.05) is 25.2 Å². The number of hydrogen-bond acceptors (Lipinski definition) is 4. The minimum absolute atomic E-state index is 0.318. The zero-order chi connectivity index (χ0) is 15.3. The van der Waals surface area contributed by atoms with Crippen LogP contribution in [0.3, 0.4) is 0 Å². The standard InChI is InChI=1S/C16H31N3O2/c1-16(2,3)21-15(20)18-10-6-9-17-13-8-12-19-11-5-4-7-14(13)19/h13-14,17H,4-12H2,1-3H3,(H,18,20). The predicted molar refractivity (Wildman–Crippen MR) is 84.5 cm³/mol. The van der Waals surface area contributed by atoms with Crippen molar-refractivity contribution in [2.45, 2.75) is 70.6 Å². The Bertz CT molecular complexity index is 341. The lowest BCUT2D eigenvalue weighted by atomic mass is 9.99. The number of carbonyl (C=O) groups is 1. The van der Waals surface area contributed by atoms with Gasteiger partial charge in [-0.1, -0.05) is 6.42 Å². The van der Waals surface area contributed by atoms with Gasteiger partial charge >= 0.3 is 6.09 Å². The molecule has 2 fully saturated rings. The third kappa shape index (κ3) is 5.47. The molecule has 2 unspecified atom stereocenters. The van der Waals surface area contributed by atoms with Crippen molar-refractivity contribution in [2.24, 2.45) is 0 Å². The molecule has 2 heterocycles. The van der Waals surface area contributed by atoms with Crippen LogP contribution in [0.5, 0.6) is 0 Å². The van der Waals surface area contributed by atoms with E-state index < -0.39 is 5.60 Å². The average molecular weight is 297 g/mol. The van der Waals surface area contributed by atoms with E-state index in [4.69, 9.17) is 4.74 Å². The van der Waals surface area contributed by atoms with E-state index in [0.717, 1.165) is 19.0 Å². The van der Waals surface area contributed by atoms with Crippen LogP contribution in [0.25, 0.3) is 0 Å². The molecule has 0 bridgehead atoms. The Labute approximate surface area is 128 Å². The van der Waals surface area contributed by atoms with Crippen LogP contribution in [0, 0.1) is 0 Å². The van der Waals surface area contributed by atoms with Gasteiger partial charge in [-0.2, -0.15) is 0 Å². The van der Waals surface area contributed by atoms with Gasteiger partial charge in [0.05, 0.1) is 0 Å². The first-order valence-electron chi connectivity index (χ1n) is 8.40. The summed E-state index contributed by atoms with van der Waals surface area (Å²) in [5.74, 6) is 0. The molecule has 0 radical (unpaired) electrons. The van der Waals surface area contributed by atoms with E-state index in [-0.39, 0.29) is 6.09 Å². The summed E-state index contributed by atoms with van der Waals surface area (Å²) in [7, 11) is 0. The summed E-state index contributed by atoms with van der Waals surface area (Å²) in [6, 6.07) is 1.39. The summed E-state index contributed by atoms with van der Waals surface area (Å²) < 4.78 is 5.21. The molecule has 0 saturated carbocycles. The van der Waals surface area contributed by atoms with E-state index in [1.807, 2.05) is 20.8 Å². The molecule has 2 rings (SSSR count). The number of rotatable bonds is 5. The van der Waals surface area contributed by atoms with Crippen LogP contribution in [0.4, 0.5) is 4.79 Å². The van der Waals surface area contributed by atoms with E-state index in [1.165, 1.54) is 38.8 Å². The summed E-state index contributed by atoms with van der Waals surface area (Å²) in [6.07, 6.45) is 5.98. The summed E-state index contributed by atoms with van der Waals surface area (Å²) in [4.78, 5) is 14.1. The van der Waals surface area contributed by atoms with Crippen molar-refractivity contribution in [1.82, 2.24) is 15.5 Å². The molecule has 2 aliphatic rings. The second-order valence-electron chi connectivity index (χ2n) is 7.23. The maximum absolute atomic E-state index is 11.5. The van der Waals surface area contributed by atoms with Gasteiger partial charge in [-0.05, 0) is 59.5 Å². The van der Waals surface area contributed by atoms with Crippen LogP contribution in [0.15, 0.2) is 0 Å². The lowest BCUT2D eigenvalue weighted by Crippen LogP contribution is -2.45. The van der Waals surface area contributed by atoms with E-state index >= 15 is 0 Å². The van der Waals surface area contributed by atoms with Crippen LogP contribution in [0.2, 0.25) is 0 Å². The summed E-state index contributed by atoms with van der Waals surface area (Å²) >= 11 is 0. The third-order valence-electron chi connectivity index (χ3n) is 4.28. The lowest BCUT2D eigenvalue weighted by Gasteiger charge is -2.32. The van der Waals surface area contributed by atoms with Crippen LogP contribution in [0.1, 0.15) is 52.9 Å². The highest BCUT2D eigenvalue weighted by atomic mass is 16.6. The fourth-order valence-corrected chi connectivity index (χ4v) is 3.37. The van der Waals surface area contributed by atoms with E-state index in [2.05, 4.69) is 15.5 Å². The molecule has 5 heteroatoms. The Morgan fingerprint density at radius 1 is 1.19 bits per heavy atom. The number of hydrogen-bond donors (Lipinski definition) is 2. The molecule has 21 heavy (non-hydrogen) atoms. The van der Waals surface area contributed by atoms with Gasteiger partial charge in [0.15, 0.2) is 0 Å². The Hall–Kier alpha value is -0.810. The summed E-state index contributed by atoms with van der Waals surface area (Å²) in [5, 5.41) is 6.48. The second-order valence-corrected chi connectivity index (χ2v) is 7.23. The molecule has 0 aromatic carbocycles. The van der Waals surface area contributed by atoms with Crippen molar-refractivity contribution in [3.05, 3.63) is 0 Å². The van der Waals surface area contributed by atoms with Crippen molar-refractivity contribution in [3.8, 4) is 0 Å². The first-order chi connectivity index (χ1) is 9.96. The highest BCUT2D eigenvalue weighted by Gasteiger charge is 2.34. The first-order valence-corrected chi connectivity index (χ1v) is 8.40. The van der Waals surface area contributed by atoms with E-state index in [9.17, 15) is 4.79 Å². The predicted octanol–water partition coefficient (Wildman–Crippen LogP) is 2.12. The van der Waals surface area contributed by atoms with Gasteiger partial charge in [-0.25, -0.2) is 4.79 Å². The number of nitrogens with one attached hydrogen (secondary N) is 2. The molecule has 5 nitrogen and oxygen atoms in total. The Kier molecular flexibility index (Phi) is 5.88. The minimum Gasteiger partial charge on any atom is -0.444 e. The number of fused-ring (bicyclic) bond motifs is 1. The molecular formula is C16H31N3O2. The van der Waals surface area contributed by atoms with Crippen LogP contribution in [-0.4, -0.2) is 54.9 Å². The number of nitrogens with zero attached hydrogens (tertiary/aromatic N) is 1. The fraction of sp³-hybridized carbons (Fsp3) is 0.938. The molecule has 0 spiro atoms. The quantitative estimate of drug-likeness (QED) is 0.763. The topological polar surface area (TPSA) is 53.6 Å². The number of alkyl carbamates (subject to hydrolysis) is 1. The molecule has 122 valence electrons. The van der Waals surface area contributed by atoms with Crippen molar-refractivity contribution in [3.63, 3.8) is 0 Å². The normalized spacial score (nSPS) is 26.4. The molecule has 0 aliphatic carbocycles. The zero-order valence-electron chi connectivity index (χ0n) is 13.8. The Morgan fingerprint density at radius 3 is 2.76 bits per heavy atom. The van der Waals surface area contributed by atoms with Gasteiger partial charge < -0.3 is 15.4 Å². The molecule has 0 aromatic rings. The van der Waals surface area contributed by atoms with Crippen molar-refractivity contribution < 1.29 is 9.53 Å². The molecule has 2 N–H and O–H groups in total. The number of piperidine rings is 1. The average Bonchev–Trinajstić information content (AvgIpc) is 2.80. The Morgan fingerprint density at radius 2 is 2.00 bits per heavy atom. The maximum atomic E-state index is 11.5. The fourth-order valence-electron chi connectivity index (χ4n) is 3.37. The smallest absolute Gasteiger partial charge is 0.407 e. The molecule has 1 amide bonds. The zero-order valence-corrected chi connectivity index (χ0v) is 13.8. The van der Waals surface area contributed by atoms with Crippen LogP contribution in [-0.2, 0) is 4.74 Å². The lowest BCUT2D eigenvalue weighted by molar-refractivity contribution is 0.0527. The molecular weight excluding hydrogens is 266 g/mol. The monoisotopic (exact) mass is 297 g/mol. The number of amides is 1. The number of carbonyl (C=O) groups excluding carboxylic acids is 1. The SMILES string of the molecule is CC(C)(C)OC(=O)NCCCNC1CCN2CCCCC12. The first kappa shape index (κ1) is 16.6. The highest BCUT2D eigenvalue weighted by Crippen LogP contribution is 2.26. The van der Waals surface area contributed by atoms with Crippen LogP contribution < -0.4 is 10.6 Å². The van der Waals surface area contributed by atoms with E-state index in [0.29, 0.717) is 12.6 Å². The maximum Gasteiger partial charge on any atom is 0.407 e. The minimum atomic E-state index is -0.420. The number of ether oxygens (including phenoxy) is 1. The van der Waals surface area contributed by atoms with Gasteiger partial charge in [0.1, 0.15) is 5.60 Å². The Balaban J connectivity index is 1.55. The molecule has 2 atom stereocenters. The van der Waals surface area contributed by atoms with Crippen molar-refractivity contribution in [1.29, 1.82) is 0 Å².